The number of aliphatic hydroxyl groups is 1. The largest absolute Gasteiger partial charge is 0.395 e. The van der Waals surface area contributed by atoms with Crippen LogP contribution in [0.4, 0.5) is 0 Å². The molecular formula is C11H12N2OS. The molecule has 15 heavy (non-hydrogen) atoms. The number of para-hydroxylation sites is 2. The van der Waals surface area contributed by atoms with E-state index in [4.69, 9.17) is 5.11 Å². The van der Waals surface area contributed by atoms with Crippen LogP contribution in [0.1, 0.15) is 6.92 Å². The number of aromatic nitrogens is 2. The van der Waals surface area contributed by atoms with Gasteiger partial charge in [0.1, 0.15) is 5.03 Å². The molecule has 4 heteroatoms. The van der Waals surface area contributed by atoms with Crippen molar-refractivity contribution in [1.29, 1.82) is 0 Å². The summed E-state index contributed by atoms with van der Waals surface area (Å²) in [5.74, 6) is 0. The summed E-state index contributed by atoms with van der Waals surface area (Å²) in [6, 6.07) is 7.77. The van der Waals surface area contributed by atoms with Crippen molar-refractivity contribution in [3.05, 3.63) is 30.5 Å². The first-order valence-corrected chi connectivity index (χ1v) is 5.67. The molecule has 1 heterocycles. The van der Waals surface area contributed by atoms with Crippen LogP contribution < -0.4 is 0 Å². The van der Waals surface area contributed by atoms with E-state index in [-0.39, 0.29) is 11.9 Å². The highest BCUT2D eigenvalue weighted by Gasteiger charge is 2.05. The molecule has 0 radical (unpaired) electrons. The molecule has 0 fully saturated rings. The smallest absolute Gasteiger partial charge is 0.115 e. The molecule has 0 saturated carbocycles. The van der Waals surface area contributed by atoms with Crippen molar-refractivity contribution in [2.24, 2.45) is 0 Å². The van der Waals surface area contributed by atoms with Gasteiger partial charge in [0.25, 0.3) is 0 Å². The third-order valence-corrected chi connectivity index (χ3v) is 3.00. The fourth-order valence-electron chi connectivity index (χ4n) is 1.24. The topological polar surface area (TPSA) is 46.0 Å². The van der Waals surface area contributed by atoms with Crippen molar-refractivity contribution in [3.8, 4) is 0 Å². The van der Waals surface area contributed by atoms with Crippen LogP contribution in [0, 0.1) is 0 Å². The fourth-order valence-corrected chi connectivity index (χ4v) is 1.99. The Balaban J connectivity index is 2.30. The molecule has 0 aliphatic carbocycles. The molecule has 0 amide bonds. The van der Waals surface area contributed by atoms with Gasteiger partial charge >= 0.3 is 0 Å². The van der Waals surface area contributed by atoms with Crippen LogP contribution in [-0.2, 0) is 0 Å². The quantitative estimate of drug-likeness (QED) is 0.805. The first-order chi connectivity index (χ1) is 7.29. The number of hydrogen-bond donors (Lipinski definition) is 1. The molecule has 0 spiro atoms. The van der Waals surface area contributed by atoms with Crippen LogP contribution in [0.3, 0.4) is 0 Å². The second kappa shape index (κ2) is 4.59. The molecule has 0 aliphatic heterocycles. The zero-order valence-corrected chi connectivity index (χ0v) is 9.24. The van der Waals surface area contributed by atoms with E-state index in [0.717, 1.165) is 16.1 Å². The molecule has 1 unspecified atom stereocenters. The highest BCUT2D eigenvalue weighted by atomic mass is 32.2. The highest BCUT2D eigenvalue weighted by molar-refractivity contribution is 7.99. The normalized spacial score (nSPS) is 12.9. The summed E-state index contributed by atoms with van der Waals surface area (Å²) in [5.41, 5.74) is 1.80. The van der Waals surface area contributed by atoms with E-state index in [1.165, 1.54) is 11.8 Å². The molecular weight excluding hydrogens is 208 g/mol. The van der Waals surface area contributed by atoms with Crippen LogP contribution in [0.15, 0.2) is 35.5 Å². The van der Waals surface area contributed by atoms with Crippen molar-refractivity contribution in [3.63, 3.8) is 0 Å². The monoisotopic (exact) mass is 220 g/mol. The second-order valence-corrected chi connectivity index (χ2v) is 4.77. The summed E-state index contributed by atoms with van der Waals surface area (Å²) in [5, 5.41) is 9.95. The second-order valence-electron chi connectivity index (χ2n) is 3.31. The molecule has 2 aromatic rings. The maximum absolute atomic E-state index is 8.94. The minimum absolute atomic E-state index is 0.152. The Kier molecular flexibility index (Phi) is 3.18. The molecule has 1 N–H and O–H groups in total. The van der Waals surface area contributed by atoms with Gasteiger partial charge in [-0.15, -0.1) is 0 Å². The summed E-state index contributed by atoms with van der Waals surface area (Å²) in [4.78, 5) is 8.76. The molecule has 0 saturated heterocycles. The predicted molar refractivity (Wildman–Crippen MR) is 61.9 cm³/mol. The van der Waals surface area contributed by atoms with E-state index in [2.05, 4.69) is 9.97 Å². The van der Waals surface area contributed by atoms with E-state index in [1.807, 2.05) is 31.2 Å². The Hall–Kier alpha value is -1.13. The van der Waals surface area contributed by atoms with Crippen LogP contribution in [-0.4, -0.2) is 26.9 Å². The Labute approximate surface area is 92.6 Å². The SMILES string of the molecule is CC(CO)Sc1cnc2ccccc2n1. The summed E-state index contributed by atoms with van der Waals surface area (Å²) < 4.78 is 0. The van der Waals surface area contributed by atoms with Gasteiger partial charge < -0.3 is 5.11 Å². The molecule has 2 rings (SSSR count). The minimum Gasteiger partial charge on any atom is -0.395 e. The van der Waals surface area contributed by atoms with Gasteiger partial charge in [-0.1, -0.05) is 30.8 Å². The van der Waals surface area contributed by atoms with Crippen molar-refractivity contribution < 1.29 is 5.11 Å². The zero-order valence-electron chi connectivity index (χ0n) is 8.42. The van der Waals surface area contributed by atoms with Gasteiger partial charge in [0.2, 0.25) is 0 Å². The molecule has 0 bridgehead atoms. The standard InChI is InChI=1S/C11H12N2OS/c1-8(7-14)15-11-6-12-9-4-2-3-5-10(9)13-11/h2-6,8,14H,7H2,1H3. The molecule has 78 valence electrons. The Morgan fingerprint density at radius 1 is 1.33 bits per heavy atom. The number of fused-ring (bicyclic) bond motifs is 1. The predicted octanol–water partition coefficient (Wildman–Crippen LogP) is 2.10. The van der Waals surface area contributed by atoms with Crippen molar-refractivity contribution in [2.45, 2.75) is 17.2 Å². The van der Waals surface area contributed by atoms with Gasteiger partial charge in [0.05, 0.1) is 23.8 Å². The number of aliphatic hydroxyl groups excluding tert-OH is 1. The average molecular weight is 220 g/mol. The Morgan fingerprint density at radius 2 is 2.07 bits per heavy atom. The third kappa shape index (κ3) is 2.46. The zero-order chi connectivity index (χ0) is 10.7. The number of hydrogen-bond acceptors (Lipinski definition) is 4. The lowest BCUT2D eigenvalue weighted by molar-refractivity contribution is 0.300. The summed E-state index contributed by atoms with van der Waals surface area (Å²) in [6.45, 7) is 2.11. The number of rotatable bonds is 3. The molecule has 1 atom stereocenters. The number of thioether (sulfide) groups is 1. The van der Waals surface area contributed by atoms with E-state index in [0.29, 0.717) is 0 Å². The van der Waals surface area contributed by atoms with E-state index in [1.54, 1.807) is 6.20 Å². The Bertz CT molecular complexity index is 461. The van der Waals surface area contributed by atoms with Gasteiger partial charge in [-0.2, -0.15) is 0 Å². The fraction of sp³-hybridized carbons (Fsp3) is 0.273. The maximum atomic E-state index is 8.94. The average Bonchev–Trinajstić information content (AvgIpc) is 2.29. The molecule has 0 aliphatic rings. The van der Waals surface area contributed by atoms with E-state index < -0.39 is 0 Å². The van der Waals surface area contributed by atoms with Crippen LogP contribution >= 0.6 is 11.8 Å². The van der Waals surface area contributed by atoms with Gasteiger partial charge in [-0.25, -0.2) is 4.98 Å². The molecule has 1 aromatic carbocycles. The van der Waals surface area contributed by atoms with Crippen LogP contribution in [0.5, 0.6) is 0 Å². The van der Waals surface area contributed by atoms with Crippen LogP contribution in [0.2, 0.25) is 0 Å². The summed E-state index contributed by atoms with van der Waals surface area (Å²) >= 11 is 1.53. The lowest BCUT2D eigenvalue weighted by Gasteiger charge is -2.06. The molecule has 1 aromatic heterocycles. The Morgan fingerprint density at radius 3 is 2.80 bits per heavy atom. The number of benzene rings is 1. The third-order valence-electron chi connectivity index (χ3n) is 2.01. The van der Waals surface area contributed by atoms with E-state index >= 15 is 0 Å². The number of nitrogens with zero attached hydrogens (tertiary/aromatic N) is 2. The van der Waals surface area contributed by atoms with Gasteiger partial charge in [0, 0.05) is 5.25 Å². The van der Waals surface area contributed by atoms with Crippen molar-refractivity contribution in [2.75, 3.05) is 6.61 Å². The van der Waals surface area contributed by atoms with Gasteiger partial charge in [-0.3, -0.25) is 4.98 Å². The highest BCUT2D eigenvalue weighted by Crippen LogP contribution is 2.21. The summed E-state index contributed by atoms with van der Waals surface area (Å²) in [7, 11) is 0. The minimum atomic E-state index is 0.152. The van der Waals surface area contributed by atoms with E-state index in [9.17, 15) is 0 Å². The van der Waals surface area contributed by atoms with Gasteiger partial charge in [0.15, 0.2) is 0 Å². The maximum Gasteiger partial charge on any atom is 0.115 e. The summed E-state index contributed by atoms with van der Waals surface area (Å²) in [6.07, 6.45) is 1.75. The first kappa shape index (κ1) is 10.4. The van der Waals surface area contributed by atoms with Crippen molar-refractivity contribution in [1.82, 2.24) is 9.97 Å². The van der Waals surface area contributed by atoms with Gasteiger partial charge in [-0.05, 0) is 12.1 Å². The van der Waals surface area contributed by atoms with Crippen LogP contribution in [0.25, 0.3) is 11.0 Å². The lowest BCUT2D eigenvalue weighted by atomic mass is 10.3. The molecule has 3 nitrogen and oxygen atoms in total. The van der Waals surface area contributed by atoms with Crippen molar-refractivity contribution >= 4 is 22.8 Å². The first-order valence-electron chi connectivity index (χ1n) is 4.79. The lowest BCUT2D eigenvalue weighted by Crippen LogP contribution is -2.02.